The van der Waals surface area contributed by atoms with E-state index in [0.717, 1.165) is 17.8 Å². The molecule has 88 valence electrons. The van der Waals surface area contributed by atoms with E-state index < -0.39 is 12.0 Å². The van der Waals surface area contributed by atoms with Crippen LogP contribution in [-0.2, 0) is 11.3 Å². The monoisotopic (exact) mass is 241 g/mol. The van der Waals surface area contributed by atoms with Crippen molar-refractivity contribution >= 4 is 17.7 Å². The van der Waals surface area contributed by atoms with E-state index in [1.54, 1.807) is 11.8 Å². The third-order valence-corrected chi connectivity index (χ3v) is 4.05. The molecule has 0 saturated carbocycles. The number of aromatic nitrogens is 2. The van der Waals surface area contributed by atoms with Crippen molar-refractivity contribution < 1.29 is 9.90 Å². The Balaban J connectivity index is 2.14. The lowest BCUT2D eigenvalue weighted by Gasteiger charge is -2.10. The number of rotatable bonds is 3. The van der Waals surface area contributed by atoms with Crippen LogP contribution in [-0.4, -0.2) is 32.7 Å². The van der Waals surface area contributed by atoms with E-state index in [1.165, 1.54) is 0 Å². The molecule has 2 N–H and O–H groups in total. The van der Waals surface area contributed by atoms with Crippen molar-refractivity contribution in [3.8, 4) is 0 Å². The van der Waals surface area contributed by atoms with Crippen LogP contribution in [0.2, 0.25) is 0 Å². The smallest absolute Gasteiger partial charge is 0.321 e. The molecule has 0 unspecified atom stereocenters. The summed E-state index contributed by atoms with van der Waals surface area (Å²) >= 11 is 1.62. The summed E-state index contributed by atoms with van der Waals surface area (Å²) in [6, 6.07) is -0.445. The minimum atomic E-state index is -0.782. The molecule has 0 amide bonds. The normalized spacial score (nSPS) is 24.9. The van der Waals surface area contributed by atoms with Crippen molar-refractivity contribution in [2.24, 2.45) is 0 Å². The van der Waals surface area contributed by atoms with Gasteiger partial charge in [-0.15, -0.1) is 11.8 Å². The Morgan fingerprint density at radius 2 is 2.56 bits per heavy atom. The van der Waals surface area contributed by atoms with E-state index >= 15 is 0 Å². The average Bonchev–Trinajstić information content (AvgIpc) is 2.83. The highest BCUT2D eigenvalue weighted by Crippen LogP contribution is 2.34. The van der Waals surface area contributed by atoms with Crippen molar-refractivity contribution in [3.63, 3.8) is 0 Å². The minimum Gasteiger partial charge on any atom is -0.480 e. The number of nitrogens with one attached hydrogen (secondary N) is 1. The third-order valence-electron chi connectivity index (χ3n) is 2.80. The molecule has 2 heterocycles. The molecule has 0 aromatic carbocycles. The van der Waals surface area contributed by atoms with Gasteiger partial charge in [0.05, 0.1) is 11.6 Å². The summed E-state index contributed by atoms with van der Waals surface area (Å²) in [6.07, 6.45) is 1.83. The molecule has 6 heteroatoms. The number of aryl methyl sites for hydroxylation is 1. The van der Waals surface area contributed by atoms with Gasteiger partial charge in [-0.05, 0) is 13.8 Å². The quantitative estimate of drug-likeness (QED) is 0.826. The Morgan fingerprint density at radius 1 is 1.81 bits per heavy atom. The van der Waals surface area contributed by atoms with Gasteiger partial charge in [0.2, 0.25) is 0 Å². The summed E-state index contributed by atoms with van der Waals surface area (Å²) in [6.45, 7) is 4.90. The van der Waals surface area contributed by atoms with Gasteiger partial charge in [0.15, 0.2) is 0 Å². The largest absolute Gasteiger partial charge is 0.480 e. The minimum absolute atomic E-state index is 0.0569. The van der Waals surface area contributed by atoms with Gasteiger partial charge in [0, 0.05) is 23.6 Å². The highest BCUT2D eigenvalue weighted by Gasteiger charge is 2.31. The van der Waals surface area contributed by atoms with Gasteiger partial charge in [-0.2, -0.15) is 5.10 Å². The van der Waals surface area contributed by atoms with Crippen LogP contribution >= 0.6 is 11.8 Å². The van der Waals surface area contributed by atoms with Gasteiger partial charge in [-0.1, -0.05) is 0 Å². The molecular weight excluding hydrogens is 226 g/mol. The predicted octanol–water partition coefficient (Wildman–Crippen LogP) is 1.000. The molecule has 16 heavy (non-hydrogen) atoms. The second-order valence-corrected chi connectivity index (χ2v) is 4.91. The Labute approximate surface area is 98.2 Å². The van der Waals surface area contributed by atoms with Gasteiger partial charge >= 0.3 is 5.97 Å². The topological polar surface area (TPSA) is 67.2 Å². The summed E-state index contributed by atoms with van der Waals surface area (Å²) in [5, 5.41) is 16.3. The molecular formula is C10H15N3O2S. The van der Waals surface area contributed by atoms with Gasteiger partial charge in [0.1, 0.15) is 6.04 Å². The molecule has 1 saturated heterocycles. The lowest BCUT2D eigenvalue weighted by atomic mass is 10.2. The fourth-order valence-electron chi connectivity index (χ4n) is 1.83. The van der Waals surface area contributed by atoms with Crippen LogP contribution in [0.4, 0.5) is 0 Å². The molecule has 2 rings (SSSR count). The predicted molar refractivity (Wildman–Crippen MR) is 62.4 cm³/mol. The molecule has 2 atom stereocenters. The summed E-state index contributed by atoms with van der Waals surface area (Å²) < 4.78 is 1.92. The van der Waals surface area contributed by atoms with Crippen molar-refractivity contribution in [1.82, 2.24) is 15.1 Å². The number of thioether (sulfide) groups is 1. The lowest BCUT2D eigenvalue weighted by molar-refractivity contribution is -0.138. The van der Waals surface area contributed by atoms with E-state index in [9.17, 15) is 4.79 Å². The fourth-order valence-corrected chi connectivity index (χ4v) is 3.13. The average molecular weight is 241 g/mol. The van der Waals surface area contributed by atoms with Crippen molar-refractivity contribution in [3.05, 3.63) is 17.5 Å². The molecule has 1 aliphatic rings. The molecule has 1 aromatic rings. The zero-order valence-electron chi connectivity index (χ0n) is 9.30. The molecule has 0 bridgehead atoms. The van der Waals surface area contributed by atoms with Gasteiger partial charge in [-0.25, -0.2) is 0 Å². The Hall–Kier alpha value is -1.01. The van der Waals surface area contributed by atoms with Crippen LogP contribution in [0.25, 0.3) is 0 Å². The molecule has 1 aliphatic heterocycles. The van der Waals surface area contributed by atoms with Crippen LogP contribution in [0.1, 0.15) is 23.6 Å². The summed E-state index contributed by atoms with van der Waals surface area (Å²) in [5.74, 6) is -0.174. The SMILES string of the molecule is CCn1ncc([C@@H]2N[C@@H](C(=O)O)CS2)c1C. The van der Waals surface area contributed by atoms with Crippen molar-refractivity contribution in [1.29, 1.82) is 0 Å². The molecule has 0 spiro atoms. The second-order valence-electron chi connectivity index (χ2n) is 3.77. The Kier molecular flexibility index (Phi) is 3.20. The first-order valence-electron chi connectivity index (χ1n) is 5.26. The first-order valence-corrected chi connectivity index (χ1v) is 6.31. The highest BCUT2D eigenvalue weighted by atomic mass is 32.2. The number of nitrogens with zero attached hydrogens (tertiary/aromatic N) is 2. The van der Waals surface area contributed by atoms with Crippen LogP contribution in [0, 0.1) is 6.92 Å². The van der Waals surface area contributed by atoms with E-state index in [1.807, 2.05) is 24.7 Å². The highest BCUT2D eigenvalue weighted by molar-refractivity contribution is 7.99. The number of carbonyl (C=O) groups is 1. The van der Waals surface area contributed by atoms with Crippen LogP contribution in [0.15, 0.2) is 6.20 Å². The lowest BCUT2D eigenvalue weighted by Crippen LogP contribution is -2.33. The fraction of sp³-hybridized carbons (Fsp3) is 0.600. The van der Waals surface area contributed by atoms with Crippen LogP contribution in [0.5, 0.6) is 0 Å². The maximum absolute atomic E-state index is 10.8. The van der Waals surface area contributed by atoms with Crippen molar-refractivity contribution in [2.75, 3.05) is 5.75 Å². The maximum Gasteiger partial charge on any atom is 0.321 e. The molecule has 1 aromatic heterocycles. The first-order chi connectivity index (χ1) is 7.63. The zero-order valence-corrected chi connectivity index (χ0v) is 10.1. The van der Waals surface area contributed by atoms with Gasteiger partial charge in [0.25, 0.3) is 0 Å². The molecule has 5 nitrogen and oxygen atoms in total. The Morgan fingerprint density at radius 3 is 3.06 bits per heavy atom. The molecule has 1 fully saturated rings. The number of hydrogen-bond donors (Lipinski definition) is 2. The van der Waals surface area contributed by atoms with Crippen LogP contribution in [0.3, 0.4) is 0 Å². The molecule has 0 radical (unpaired) electrons. The summed E-state index contributed by atoms with van der Waals surface area (Å²) in [4.78, 5) is 10.8. The zero-order chi connectivity index (χ0) is 11.7. The number of carboxylic acid groups (broad SMARTS) is 1. The number of carboxylic acids is 1. The standard InChI is InChI=1S/C10H15N3O2S/c1-3-13-6(2)7(4-11-13)9-12-8(5-16-9)10(14)15/h4,8-9,12H,3,5H2,1-2H3,(H,14,15)/t8-,9-/m1/s1. The van der Waals surface area contributed by atoms with E-state index in [4.69, 9.17) is 5.11 Å². The van der Waals surface area contributed by atoms with E-state index in [2.05, 4.69) is 10.4 Å². The first kappa shape index (κ1) is 11.5. The maximum atomic E-state index is 10.8. The number of hydrogen-bond acceptors (Lipinski definition) is 4. The van der Waals surface area contributed by atoms with Gasteiger partial charge < -0.3 is 5.11 Å². The van der Waals surface area contributed by atoms with Gasteiger partial charge in [-0.3, -0.25) is 14.8 Å². The van der Waals surface area contributed by atoms with E-state index in [-0.39, 0.29) is 5.37 Å². The molecule has 0 aliphatic carbocycles. The Bertz CT molecular complexity index is 405. The summed E-state index contributed by atoms with van der Waals surface area (Å²) in [5.41, 5.74) is 2.20. The number of aliphatic carboxylic acids is 1. The van der Waals surface area contributed by atoms with Crippen LogP contribution < -0.4 is 5.32 Å². The summed E-state index contributed by atoms with van der Waals surface area (Å²) in [7, 11) is 0. The third kappa shape index (κ3) is 1.94. The second kappa shape index (κ2) is 4.47. The van der Waals surface area contributed by atoms with Crippen molar-refractivity contribution in [2.45, 2.75) is 31.8 Å². The van der Waals surface area contributed by atoms with E-state index in [0.29, 0.717) is 5.75 Å².